The molecule has 1 fully saturated rings. The van der Waals surface area contributed by atoms with Gasteiger partial charge in [0.2, 0.25) is 0 Å². The van der Waals surface area contributed by atoms with E-state index in [2.05, 4.69) is 56.9 Å². The zero-order valence-electron chi connectivity index (χ0n) is 19.7. The molecule has 174 valence electrons. The van der Waals surface area contributed by atoms with Gasteiger partial charge in [-0.25, -0.2) is 4.39 Å². The Bertz CT molecular complexity index is 1160. The highest BCUT2D eigenvalue weighted by Gasteiger charge is 2.22. The van der Waals surface area contributed by atoms with Crippen LogP contribution in [0.25, 0.3) is 22.0 Å². The maximum Gasteiger partial charge on any atom is 0.126 e. The van der Waals surface area contributed by atoms with Gasteiger partial charge < -0.3 is 10.6 Å². The minimum Gasteiger partial charge on any atom is -0.383 e. The van der Waals surface area contributed by atoms with Gasteiger partial charge >= 0.3 is 0 Å². The summed E-state index contributed by atoms with van der Waals surface area (Å²) in [6, 6.07) is 10.6. The zero-order chi connectivity index (χ0) is 22.8. The molecule has 0 bridgehead atoms. The molecule has 5 rings (SSSR count). The molecule has 0 saturated carbocycles. The first-order chi connectivity index (χ1) is 16.1. The second-order valence-corrected chi connectivity index (χ2v) is 9.36. The lowest BCUT2D eigenvalue weighted by Gasteiger charge is -2.36. The number of aromatic nitrogens is 2. The Balaban J connectivity index is 1.27. The van der Waals surface area contributed by atoms with Crippen LogP contribution in [0.3, 0.4) is 0 Å². The third kappa shape index (κ3) is 4.68. The fourth-order valence-corrected chi connectivity index (χ4v) is 5.22. The van der Waals surface area contributed by atoms with Crippen molar-refractivity contribution in [2.45, 2.75) is 52.1 Å². The summed E-state index contributed by atoms with van der Waals surface area (Å²) in [5, 5.41) is 15.9. The summed E-state index contributed by atoms with van der Waals surface area (Å²) in [6.45, 7) is 9.11. The van der Waals surface area contributed by atoms with Crippen LogP contribution in [0.15, 0.2) is 42.1 Å². The van der Waals surface area contributed by atoms with Crippen molar-refractivity contribution in [1.29, 1.82) is 0 Å². The smallest absolute Gasteiger partial charge is 0.126 e. The zero-order valence-corrected chi connectivity index (χ0v) is 19.7. The van der Waals surface area contributed by atoms with Crippen LogP contribution in [0.4, 0.5) is 4.39 Å². The number of nitrogens with one attached hydrogen (secondary N) is 3. The van der Waals surface area contributed by atoms with E-state index in [1.165, 1.54) is 18.5 Å². The number of benzene rings is 2. The molecule has 2 aliphatic rings. The molecule has 2 aliphatic heterocycles. The SMILES string of the molecule is CCc1cc(C)c(F)cc1-c1ccc2c(CNC3=CCN(C4CCNCC4)CC3)[nH]nc2c1. The minimum atomic E-state index is -0.159. The average molecular weight is 448 g/mol. The molecule has 0 unspecified atom stereocenters. The van der Waals surface area contributed by atoms with E-state index in [0.29, 0.717) is 5.56 Å². The molecule has 5 nitrogen and oxygen atoms in total. The highest BCUT2D eigenvalue weighted by atomic mass is 19.1. The van der Waals surface area contributed by atoms with E-state index in [1.807, 2.05) is 13.0 Å². The van der Waals surface area contributed by atoms with E-state index in [9.17, 15) is 4.39 Å². The number of nitrogens with zero attached hydrogens (tertiary/aromatic N) is 2. The number of hydrogen-bond acceptors (Lipinski definition) is 4. The normalized spacial score (nSPS) is 18.0. The molecule has 0 amide bonds. The van der Waals surface area contributed by atoms with Gasteiger partial charge in [0.25, 0.3) is 0 Å². The van der Waals surface area contributed by atoms with Crippen molar-refractivity contribution in [3.63, 3.8) is 0 Å². The molecule has 0 atom stereocenters. The Morgan fingerprint density at radius 1 is 1.18 bits per heavy atom. The largest absolute Gasteiger partial charge is 0.383 e. The van der Waals surface area contributed by atoms with Gasteiger partial charge in [0.05, 0.1) is 17.8 Å². The number of rotatable bonds is 6. The Hall–Kier alpha value is -2.70. The van der Waals surface area contributed by atoms with E-state index >= 15 is 0 Å². The molecule has 2 aromatic carbocycles. The predicted octanol–water partition coefficient (Wildman–Crippen LogP) is 4.67. The first-order valence-corrected chi connectivity index (χ1v) is 12.3. The molecular weight excluding hydrogens is 413 g/mol. The molecular formula is C27H34FN5. The molecule has 0 aliphatic carbocycles. The summed E-state index contributed by atoms with van der Waals surface area (Å²) in [5.41, 5.74) is 7.15. The number of aryl methyl sites for hydroxylation is 2. The van der Waals surface area contributed by atoms with Crippen molar-refractivity contribution in [1.82, 2.24) is 25.7 Å². The number of H-pyrrole nitrogens is 1. The van der Waals surface area contributed by atoms with Crippen LogP contribution in [0.1, 0.15) is 43.0 Å². The van der Waals surface area contributed by atoms with Crippen molar-refractivity contribution in [3.05, 3.63) is 64.7 Å². The van der Waals surface area contributed by atoms with Gasteiger partial charge in [-0.1, -0.05) is 31.2 Å². The summed E-state index contributed by atoms with van der Waals surface area (Å²) in [5.74, 6) is -0.159. The highest BCUT2D eigenvalue weighted by Crippen LogP contribution is 2.30. The van der Waals surface area contributed by atoms with Crippen LogP contribution >= 0.6 is 0 Å². The Morgan fingerprint density at radius 3 is 2.79 bits per heavy atom. The second kappa shape index (κ2) is 9.65. The van der Waals surface area contributed by atoms with Crippen LogP contribution < -0.4 is 10.6 Å². The first kappa shape index (κ1) is 22.1. The molecule has 0 spiro atoms. The Kier molecular flexibility index (Phi) is 6.47. The van der Waals surface area contributed by atoms with Crippen molar-refractivity contribution in [2.75, 3.05) is 26.2 Å². The van der Waals surface area contributed by atoms with E-state index in [4.69, 9.17) is 0 Å². The maximum absolute atomic E-state index is 14.3. The quantitative estimate of drug-likeness (QED) is 0.514. The number of fused-ring (bicyclic) bond motifs is 1. The third-order valence-corrected chi connectivity index (χ3v) is 7.27. The monoisotopic (exact) mass is 447 g/mol. The van der Waals surface area contributed by atoms with Crippen molar-refractivity contribution < 1.29 is 4.39 Å². The molecule has 0 radical (unpaired) electrons. The summed E-state index contributed by atoms with van der Waals surface area (Å²) in [7, 11) is 0. The van der Waals surface area contributed by atoms with Crippen LogP contribution in [0, 0.1) is 12.7 Å². The fourth-order valence-electron chi connectivity index (χ4n) is 5.22. The number of piperidine rings is 1. The molecule has 1 saturated heterocycles. The maximum atomic E-state index is 14.3. The molecule has 3 heterocycles. The lowest BCUT2D eigenvalue weighted by molar-refractivity contribution is 0.172. The van der Waals surface area contributed by atoms with Crippen molar-refractivity contribution in [2.24, 2.45) is 0 Å². The first-order valence-electron chi connectivity index (χ1n) is 12.3. The van der Waals surface area contributed by atoms with Crippen LogP contribution in [-0.4, -0.2) is 47.3 Å². The van der Waals surface area contributed by atoms with E-state index in [1.54, 1.807) is 6.07 Å². The van der Waals surface area contributed by atoms with Crippen molar-refractivity contribution in [3.8, 4) is 11.1 Å². The standard InChI is InChI=1S/C27H34FN5/c1-3-19-14-18(2)25(28)16-24(19)20-4-5-23-26(15-20)31-32-27(23)17-30-21-8-12-33(13-9-21)22-6-10-29-11-7-22/h4-5,8,14-16,22,29-30H,3,6-7,9-13,17H2,1-2H3,(H,31,32). The van der Waals surface area contributed by atoms with Crippen LogP contribution in [0.2, 0.25) is 0 Å². The number of aromatic amines is 1. The number of hydrogen-bond donors (Lipinski definition) is 3. The third-order valence-electron chi connectivity index (χ3n) is 7.27. The van der Waals surface area contributed by atoms with Gasteiger partial charge in [0, 0.05) is 30.2 Å². The van der Waals surface area contributed by atoms with Crippen LogP contribution in [0.5, 0.6) is 0 Å². The summed E-state index contributed by atoms with van der Waals surface area (Å²) < 4.78 is 14.3. The minimum absolute atomic E-state index is 0.159. The van der Waals surface area contributed by atoms with Gasteiger partial charge in [0.15, 0.2) is 0 Å². The number of halogens is 1. The van der Waals surface area contributed by atoms with E-state index in [-0.39, 0.29) is 5.82 Å². The molecule has 3 N–H and O–H groups in total. The lowest BCUT2D eigenvalue weighted by Crippen LogP contribution is -2.45. The van der Waals surface area contributed by atoms with Gasteiger partial charge in [-0.15, -0.1) is 0 Å². The lowest BCUT2D eigenvalue weighted by atomic mass is 9.95. The summed E-state index contributed by atoms with van der Waals surface area (Å²) in [4.78, 5) is 2.62. The Morgan fingerprint density at radius 2 is 2.03 bits per heavy atom. The van der Waals surface area contributed by atoms with Crippen LogP contribution in [-0.2, 0) is 13.0 Å². The van der Waals surface area contributed by atoms with E-state index in [0.717, 1.165) is 84.9 Å². The summed E-state index contributed by atoms with van der Waals surface area (Å²) >= 11 is 0. The average Bonchev–Trinajstić information content (AvgIpc) is 3.27. The van der Waals surface area contributed by atoms with Gasteiger partial charge in [0.1, 0.15) is 5.82 Å². The molecule has 3 aromatic rings. The van der Waals surface area contributed by atoms with Gasteiger partial charge in [-0.3, -0.25) is 10.00 Å². The molecule has 6 heteroatoms. The topological polar surface area (TPSA) is 56.0 Å². The highest BCUT2D eigenvalue weighted by molar-refractivity contribution is 5.87. The predicted molar refractivity (Wildman–Crippen MR) is 133 cm³/mol. The van der Waals surface area contributed by atoms with Gasteiger partial charge in [-0.2, -0.15) is 5.10 Å². The summed E-state index contributed by atoms with van der Waals surface area (Å²) in [6.07, 6.45) is 6.80. The van der Waals surface area contributed by atoms with E-state index < -0.39 is 0 Å². The fraction of sp³-hybridized carbons (Fsp3) is 0.444. The Labute approximate surface area is 195 Å². The van der Waals surface area contributed by atoms with Crippen molar-refractivity contribution >= 4 is 10.9 Å². The van der Waals surface area contributed by atoms with Gasteiger partial charge in [-0.05, 0) is 80.1 Å². The second-order valence-electron chi connectivity index (χ2n) is 9.36. The molecule has 1 aromatic heterocycles. The molecule has 33 heavy (non-hydrogen) atoms.